The number of nitrogens with one attached hydrogen (secondary N) is 1. The highest BCUT2D eigenvalue weighted by molar-refractivity contribution is 5.78. The first-order valence-electron chi connectivity index (χ1n) is 9.28. The van der Waals surface area contributed by atoms with Crippen LogP contribution in [0.1, 0.15) is 19.4 Å². The molecule has 2 aromatic carbocycles. The highest BCUT2D eigenvalue weighted by Gasteiger charge is 2.17. The summed E-state index contributed by atoms with van der Waals surface area (Å²) in [5.41, 5.74) is 3.26. The third kappa shape index (κ3) is 6.08. The highest BCUT2D eigenvalue weighted by Crippen LogP contribution is 2.29. The summed E-state index contributed by atoms with van der Waals surface area (Å²) in [6, 6.07) is 16.4. The molecule has 27 heavy (non-hydrogen) atoms. The fourth-order valence-electron chi connectivity index (χ4n) is 2.90. The molecule has 2 aromatic rings. The summed E-state index contributed by atoms with van der Waals surface area (Å²) in [5, 5.41) is 3.12. The molecule has 146 valence electrons. The molecule has 0 aliphatic rings. The summed E-state index contributed by atoms with van der Waals surface area (Å²) < 4.78 is 10.4. The second-order valence-electron chi connectivity index (χ2n) is 6.68. The van der Waals surface area contributed by atoms with E-state index >= 15 is 0 Å². The van der Waals surface area contributed by atoms with Crippen molar-refractivity contribution in [3.8, 4) is 16.9 Å². The topological polar surface area (TPSA) is 50.8 Å². The van der Waals surface area contributed by atoms with Crippen molar-refractivity contribution >= 4 is 5.91 Å². The fourth-order valence-corrected chi connectivity index (χ4v) is 2.90. The first kappa shape index (κ1) is 20.9. The summed E-state index contributed by atoms with van der Waals surface area (Å²) in [5.74, 6) is 0.946. The fraction of sp³-hybridized carbons (Fsp3) is 0.409. The Morgan fingerprint density at radius 3 is 2.41 bits per heavy atom. The minimum Gasteiger partial charge on any atom is -0.496 e. The molecule has 1 N–H and O–H groups in total. The number of methoxy groups -OCH3 is 2. The Hall–Kier alpha value is -2.37. The minimum absolute atomic E-state index is 0.0925. The molecule has 0 atom stereocenters. The molecule has 0 fully saturated rings. The van der Waals surface area contributed by atoms with Gasteiger partial charge in [-0.05, 0) is 31.0 Å². The maximum absolute atomic E-state index is 12.5. The standard InChI is InChI=1S/C22H30N2O3/c1-17(2)24(22(25)15-23-13-14-26-3)16-18-9-11-19(12-10-18)20-7-5-6-8-21(20)27-4/h5-12,17,23H,13-16H2,1-4H3. The lowest BCUT2D eigenvalue weighted by Crippen LogP contribution is -2.42. The number of carbonyl (C=O) groups is 1. The number of hydrogen-bond donors (Lipinski definition) is 1. The van der Waals surface area contributed by atoms with Crippen molar-refractivity contribution in [3.63, 3.8) is 0 Å². The van der Waals surface area contributed by atoms with Crippen molar-refractivity contribution < 1.29 is 14.3 Å². The number of hydrogen-bond acceptors (Lipinski definition) is 4. The molecule has 0 aliphatic carbocycles. The van der Waals surface area contributed by atoms with E-state index in [2.05, 4.69) is 29.6 Å². The molecule has 0 saturated carbocycles. The SMILES string of the molecule is COCCNCC(=O)N(Cc1ccc(-c2ccccc2OC)cc1)C(C)C. The van der Waals surface area contributed by atoms with Crippen LogP contribution in [0.4, 0.5) is 0 Å². The number of amides is 1. The van der Waals surface area contributed by atoms with Gasteiger partial charge in [-0.3, -0.25) is 4.79 Å². The second-order valence-corrected chi connectivity index (χ2v) is 6.68. The van der Waals surface area contributed by atoms with E-state index < -0.39 is 0 Å². The molecular formula is C22H30N2O3. The molecule has 0 heterocycles. The Morgan fingerprint density at radius 2 is 1.78 bits per heavy atom. The lowest BCUT2D eigenvalue weighted by atomic mass is 10.0. The predicted octanol–water partition coefficient (Wildman–Crippen LogP) is 3.34. The van der Waals surface area contributed by atoms with E-state index in [0.29, 0.717) is 26.2 Å². The molecule has 2 rings (SSSR count). The van der Waals surface area contributed by atoms with Crippen molar-refractivity contribution in [2.45, 2.75) is 26.4 Å². The maximum Gasteiger partial charge on any atom is 0.237 e. The van der Waals surface area contributed by atoms with Gasteiger partial charge in [0.25, 0.3) is 0 Å². The van der Waals surface area contributed by atoms with Crippen LogP contribution in [0.3, 0.4) is 0 Å². The van der Waals surface area contributed by atoms with Gasteiger partial charge in [-0.15, -0.1) is 0 Å². The molecule has 0 unspecified atom stereocenters. The molecule has 1 amide bonds. The van der Waals surface area contributed by atoms with Gasteiger partial charge in [-0.2, -0.15) is 0 Å². The van der Waals surface area contributed by atoms with Crippen LogP contribution in [0, 0.1) is 0 Å². The van der Waals surface area contributed by atoms with E-state index in [9.17, 15) is 4.79 Å². The third-order valence-electron chi connectivity index (χ3n) is 4.43. The number of carbonyl (C=O) groups excluding carboxylic acids is 1. The summed E-state index contributed by atoms with van der Waals surface area (Å²) in [7, 11) is 3.33. The smallest absolute Gasteiger partial charge is 0.237 e. The molecule has 0 spiro atoms. The molecule has 0 aliphatic heterocycles. The van der Waals surface area contributed by atoms with Gasteiger partial charge in [0.15, 0.2) is 0 Å². The number of ether oxygens (including phenoxy) is 2. The molecule has 0 bridgehead atoms. The van der Waals surface area contributed by atoms with Crippen LogP contribution < -0.4 is 10.1 Å². The summed E-state index contributed by atoms with van der Waals surface area (Å²) >= 11 is 0. The van der Waals surface area contributed by atoms with Crippen molar-refractivity contribution in [2.75, 3.05) is 33.9 Å². The molecule has 5 heteroatoms. The minimum atomic E-state index is 0.0925. The lowest BCUT2D eigenvalue weighted by Gasteiger charge is -2.27. The Balaban J connectivity index is 2.05. The van der Waals surface area contributed by atoms with E-state index in [-0.39, 0.29) is 11.9 Å². The van der Waals surface area contributed by atoms with Crippen LogP contribution in [0.15, 0.2) is 48.5 Å². The molecule has 0 aromatic heterocycles. The number of para-hydroxylation sites is 1. The zero-order valence-corrected chi connectivity index (χ0v) is 16.7. The monoisotopic (exact) mass is 370 g/mol. The number of nitrogens with zero attached hydrogens (tertiary/aromatic N) is 1. The number of benzene rings is 2. The Bertz CT molecular complexity index is 714. The van der Waals surface area contributed by atoms with E-state index in [1.54, 1.807) is 14.2 Å². The zero-order chi connectivity index (χ0) is 19.6. The molecular weight excluding hydrogens is 340 g/mol. The van der Waals surface area contributed by atoms with Gasteiger partial charge < -0.3 is 19.7 Å². The summed E-state index contributed by atoms with van der Waals surface area (Å²) in [6.07, 6.45) is 0. The first-order valence-corrected chi connectivity index (χ1v) is 9.28. The van der Waals surface area contributed by atoms with Crippen molar-refractivity contribution in [3.05, 3.63) is 54.1 Å². The zero-order valence-electron chi connectivity index (χ0n) is 16.7. The van der Waals surface area contributed by atoms with Gasteiger partial charge in [-0.25, -0.2) is 0 Å². The average Bonchev–Trinajstić information content (AvgIpc) is 2.69. The molecule has 0 radical (unpaired) electrons. The third-order valence-corrected chi connectivity index (χ3v) is 4.43. The Kier molecular flexibility index (Phi) is 8.30. The Morgan fingerprint density at radius 1 is 1.07 bits per heavy atom. The van der Waals surface area contributed by atoms with Crippen LogP contribution in [0.5, 0.6) is 5.75 Å². The molecule has 0 saturated heterocycles. The van der Waals surface area contributed by atoms with Gasteiger partial charge in [0.1, 0.15) is 5.75 Å². The highest BCUT2D eigenvalue weighted by atomic mass is 16.5. The first-order chi connectivity index (χ1) is 13.1. The summed E-state index contributed by atoms with van der Waals surface area (Å²) in [6.45, 7) is 6.25. The van der Waals surface area contributed by atoms with E-state index in [1.165, 1.54) is 0 Å². The van der Waals surface area contributed by atoms with Crippen molar-refractivity contribution in [2.24, 2.45) is 0 Å². The maximum atomic E-state index is 12.5. The summed E-state index contributed by atoms with van der Waals surface area (Å²) in [4.78, 5) is 14.4. The predicted molar refractivity (Wildman–Crippen MR) is 109 cm³/mol. The van der Waals surface area contributed by atoms with Crippen molar-refractivity contribution in [1.82, 2.24) is 10.2 Å². The van der Waals surface area contributed by atoms with Gasteiger partial charge in [0.05, 0.1) is 20.3 Å². The van der Waals surface area contributed by atoms with Crippen LogP contribution >= 0.6 is 0 Å². The lowest BCUT2D eigenvalue weighted by molar-refractivity contribution is -0.132. The number of rotatable bonds is 10. The van der Waals surface area contributed by atoms with E-state index in [4.69, 9.17) is 9.47 Å². The van der Waals surface area contributed by atoms with Crippen LogP contribution in [0.2, 0.25) is 0 Å². The van der Waals surface area contributed by atoms with Gasteiger partial charge in [0, 0.05) is 31.8 Å². The molecule has 5 nitrogen and oxygen atoms in total. The van der Waals surface area contributed by atoms with Crippen LogP contribution in [-0.2, 0) is 16.1 Å². The quantitative estimate of drug-likeness (QED) is 0.652. The Labute approximate surface area is 162 Å². The van der Waals surface area contributed by atoms with E-state index in [1.807, 2.05) is 43.0 Å². The van der Waals surface area contributed by atoms with Crippen LogP contribution in [-0.4, -0.2) is 50.8 Å². The largest absolute Gasteiger partial charge is 0.496 e. The normalized spacial score (nSPS) is 10.9. The van der Waals surface area contributed by atoms with Gasteiger partial charge >= 0.3 is 0 Å². The second kappa shape index (κ2) is 10.7. The van der Waals surface area contributed by atoms with E-state index in [0.717, 1.165) is 22.4 Å². The van der Waals surface area contributed by atoms with Gasteiger partial charge in [0.2, 0.25) is 5.91 Å². The average molecular weight is 370 g/mol. The van der Waals surface area contributed by atoms with Gasteiger partial charge in [-0.1, -0.05) is 42.5 Å². The van der Waals surface area contributed by atoms with Crippen LogP contribution in [0.25, 0.3) is 11.1 Å². The van der Waals surface area contributed by atoms with Crippen molar-refractivity contribution in [1.29, 1.82) is 0 Å².